The van der Waals surface area contributed by atoms with E-state index in [-0.39, 0.29) is 0 Å². The summed E-state index contributed by atoms with van der Waals surface area (Å²) in [5.74, 6) is 3.66. The van der Waals surface area contributed by atoms with Gasteiger partial charge in [0.1, 0.15) is 0 Å². The number of hydrogen-bond acceptors (Lipinski definition) is 1. The maximum absolute atomic E-state index is 10.2. The lowest BCUT2D eigenvalue weighted by Crippen LogP contribution is -2.13. The Labute approximate surface area is 38.5 Å². The van der Waals surface area contributed by atoms with Crippen LogP contribution in [0, 0.1) is 0 Å². The van der Waals surface area contributed by atoms with Crippen LogP contribution in [0.1, 0.15) is 6.92 Å². The molecule has 0 aromatic rings. The Bertz CT molecular complexity index is 113. The maximum Gasteiger partial charge on any atom is 0.0258 e. The van der Waals surface area contributed by atoms with Crippen LogP contribution in [0.15, 0.2) is 0 Å². The molecule has 1 unspecified atom stereocenters. The summed E-state index contributed by atoms with van der Waals surface area (Å²) in [7, 11) is -2.16. The van der Waals surface area contributed by atoms with Gasteiger partial charge in [0, 0.05) is 15.5 Å². The van der Waals surface area contributed by atoms with Crippen molar-refractivity contribution in [2.24, 2.45) is 5.14 Å². The van der Waals surface area contributed by atoms with E-state index in [1.165, 1.54) is 0 Å². The van der Waals surface area contributed by atoms with Gasteiger partial charge < -0.3 is 0 Å². The lowest BCUT2D eigenvalue weighted by atomic mass is 11.0. The first-order valence-corrected chi connectivity index (χ1v) is 3.65. The molecule has 0 rings (SSSR count). The van der Waals surface area contributed by atoms with E-state index < -0.39 is 9.71 Å². The lowest BCUT2D eigenvalue weighted by molar-refractivity contribution is 0.683. The molecule has 38 valence electrons. The molecule has 0 fully saturated rings. The van der Waals surface area contributed by atoms with Gasteiger partial charge in [0.25, 0.3) is 0 Å². The standard InChI is InChI=1S/C3H9NOS/c1-3-6(2,4)5/h2-3H2,1H3,(H2,4,5). The molecule has 0 aromatic heterocycles. The molecular formula is C3H9NOS. The van der Waals surface area contributed by atoms with Gasteiger partial charge in [-0.2, -0.15) is 0 Å². The molecule has 6 heavy (non-hydrogen) atoms. The van der Waals surface area contributed by atoms with Crippen LogP contribution in [-0.2, 0) is 9.71 Å². The van der Waals surface area contributed by atoms with Crippen LogP contribution < -0.4 is 5.14 Å². The molecule has 0 radical (unpaired) electrons. The van der Waals surface area contributed by atoms with Crippen LogP contribution in [0.25, 0.3) is 0 Å². The molecule has 0 aliphatic carbocycles. The molecule has 3 heteroatoms. The molecular weight excluding hydrogens is 98.1 g/mol. The van der Waals surface area contributed by atoms with Gasteiger partial charge in [0.2, 0.25) is 0 Å². The Kier molecular flexibility index (Phi) is 1.61. The minimum atomic E-state index is -2.16. The summed E-state index contributed by atoms with van der Waals surface area (Å²) in [6, 6.07) is 0. The first-order chi connectivity index (χ1) is 2.56. The Morgan fingerprint density at radius 3 is 2.17 bits per heavy atom. The van der Waals surface area contributed by atoms with Crippen LogP contribution >= 0.6 is 0 Å². The molecule has 0 saturated heterocycles. The van der Waals surface area contributed by atoms with E-state index in [4.69, 9.17) is 5.14 Å². The fraction of sp³-hybridized carbons (Fsp3) is 0.667. The molecule has 2 nitrogen and oxygen atoms in total. The highest BCUT2D eigenvalue weighted by atomic mass is 32.2. The average Bonchev–Trinajstić information content (AvgIpc) is 1.35. The van der Waals surface area contributed by atoms with Crippen molar-refractivity contribution in [3.63, 3.8) is 0 Å². The van der Waals surface area contributed by atoms with Gasteiger partial charge >= 0.3 is 0 Å². The van der Waals surface area contributed by atoms with Crippen molar-refractivity contribution >= 4 is 15.6 Å². The van der Waals surface area contributed by atoms with Crippen molar-refractivity contribution in [2.75, 3.05) is 5.75 Å². The van der Waals surface area contributed by atoms with Crippen LogP contribution in [0.5, 0.6) is 0 Å². The smallest absolute Gasteiger partial charge is 0.0258 e. The van der Waals surface area contributed by atoms with E-state index in [1.807, 2.05) is 0 Å². The van der Waals surface area contributed by atoms with E-state index in [1.54, 1.807) is 6.92 Å². The van der Waals surface area contributed by atoms with Crippen molar-refractivity contribution in [3.8, 4) is 0 Å². The third-order valence-corrected chi connectivity index (χ3v) is 1.47. The second kappa shape index (κ2) is 1.62. The second-order valence-corrected chi connectivity index (χ2v) is 3.47. The zero-order valence-electron chi connectivity index (χ0n) is 3.81. The van der Waals surface area contributed by atoms with E-state index in [0.29, 0.717) is 5.75 Å². The van der Waals surface area contributed by atoms with Gasteiger partial charge in [-0.3, -0.25) is 9.35 Å². The summed E-state index contributed by atoms with van der Waals surface area (Å²) in [5.41, 5.74) is 0. The minimum absolute atomic E-state index is 0.465. The summed E-state index contributed by atoms with van der Waals surface area (Å²) in [6.45, 7) is 1.75. The van der Waals surface area contributed by atoms with Crippen LogP contribution in [0.4, 0.5) is 0 Å². The highest BCUT2D eigenvalue weighted by Gasteiger charge is 1.82. The van der Waals surface area contributed by atoms with Gasteiger partial charge in [-0.15, -0.1) is 0 Å². The third kappa shape index (κ3) is 3.98. The quantitative estimate of drug-likeness (QED) is 0.455. The monoisotopic (exact) mass is 107 g/mol. The molecule has 0 heterocycles. The first-order valence-electron chi connectivity index (χ1n) is 1.69. The molecule has 2 N–H and O–H groups in total. The number of hydrogen-bond donors (Lipinski definition) is 1. The Morgan fingerprint density at radius 2 is 2.17 bits per heavy atom. The zero-order valence-corrected chi connectivity index (χ0v) is 4.62. The zero-order chi connectivity index (χ0) is 5.21. The predicted molar refractivity (Wildman–Crippen MR) is 30.0 cm³/mol. The van der Waals surface area contributed by atoms with E-state index in [0.717, 1.165) is 0 Å². The van der Waals surface area contributed by atoms with Crippen molar-refractivity contribution in [2.45, 2.75) is 6.92 Å². The van der Waals surface area contributed by atoms with Crippen LogP contribution in [0.2, 0.25) is 0 Å². The van der Waals surface area contributed by atoms with Crippen molar-refractivity contribution in [3.05, 3.63) is 0 Å². The van der Waals surface area contributed by atoms with Gasteiger partial charge in [-0.25, -0.2) is 0 Å². The minimum Gasteiger partial charge on any atom is -0.260 e. The molecule has 0 aromatic carbocycles. The molecule has 0 amide bonds. The second-order valence-electron chi connectivity index (χ2n) is 1.16. The summed E-state index contributed by atoms with van der Waals surface area (Å²) in [4.78, 5) is 0. The predicted octanol–water partition coefficient (Wildman–Crippen LogP) is -0.404. The molecule has 0 spiro atoms. The van der Waals surface area contributed by atoms with Crippen molar-refractivity contribution in [1.29, 1.82) is 0 Å². The average molecular weight is 107 g/mol. The highest BCUT2D eigenvalue weighted by molar-refractivity contribution is 7.98. The molecule has 0 bridgehead atoms. The maximum atomic E-state index is 10.2. The Morgan fingerprint density at radius 1 is 2.00 bits per heavy atom. The fourth-order valence-corrected chi connectivity index (χ4v) is 0. The third-order valence-electron chi connectivity index (χ3n) is 0.489. The van der Waals surface area contributed by atoms with Gasteiger partial charge in [0.15, 0.2) is 0 Å². The van der Waals surface area contributed by atoms with Crippen molar-refractivity contribution < 1.29 is 4.21 Å². The topological polar surface area (TPSA) is 43.1 Å². The van der Waals surface area contributed by atoms with E-state index >= 15 is 0 Å². The lowest BCUT2D eigenvalue weighted by Gasteiger charge is -1.89. The normalized spacial score (nSPS) is 19.7. The fourth-order valence-electron chi connectivity index (χ4n) is 0. The molecule has 0 saturated carbocycles. The molecule has 0 aliphatic rings. The van der Waals surface area contributed by atoms with Crippen LogP contribution in [-0.4, -0.2) is 15.8 Å². The van der Waals surface area contributed by atoms with E-state index in [2.05, 4.69) is 5.87 Å². The van der Waals surface area contributed by atoms with E-state index in [9.17, 15) is 4.21 Å². The highest BCUT2D eigenvalue weighted by Crippen LogP contribution is 1.68. The summed E-state index contributed by atoms with van der Waals surface area (Å²) in [5, 5.41) is 4.95. The van der Waals surface area contributed by atoms with Crippen molar-refractivity contribution in [1.82, 2.24) is 0 Å². The van der Waals surface area contributed by atoms with Gasteiger partial charge in [-0.1, -0.05) is 6.92 Å². The summed E-state index contributed by atoms with van der Waals surface area (Å²) >= 11 is 0. The molecule has 1 atom stereocenters. The summed E-state index contributed by atoms with van der Waals surface area (Å²) < 4.78 is 10.2. The molecule has 0 aliphatic heterocycles. The van der Waals surface area contributed by atoms with Gasteiger partial charge in [0.05, 0.1) is 0 Å². The largest absolute Gasteiger partial charge is 0.260 e. The first kappa shape index (κ1) is 5.98. The Balaban J connectivity index is 3.85. The summed E-state index contributed by atoms with van der Waals surface area (Å²) in [6.07, 6.45) is 0. The number of rotatable bonds is 1. The number of nitrogens with two attached hydrogens (primary N) is 1. The SMILES string of the molecule is C=S(N)(=O)CC. The van der Waals surface area contributed by atoms with Gasteiger partial charge in [-0.05, 0) is 5.87 Å². The van der Waals surface area contributed by atoms with Crippen LogP contribution in [0.3, 0.4) is 0 Å². The Hall–Kier alpha value is -0.0200.